The van der Waals surface area contributed by atoms with Crippen molar-refractivity contribution in [2.24, 2.45) is 17.8 Å². The van der Waals surface area contributed by atoms with E-state index in [-0.39, 0.29) is 40.1 Å². The van der Waals surface area contributed by atoms with Crippen LogP contribution in [0, 0.1) is 17.8 Å². The lowest BCUT2D eigenvalue weighted by Gasteiger charge is -2.53. The van der Waals surface area contributed by atoms with Crippen molar-refractivity contribution in [1.82, 2.24) is 19.4 Å². The molecule has 1 spiro atoms. The van der Waals surface area contributed by atoms with E-state index >= 15 is 0 Å². The zero-order valence-corrected chi connectivity index (χ0v) is 35.9. The van der Waals surface area contributed by atoms with E-state index in [1.807, 2.05) is 25.1 Å². The van der Waals surface area contributed by atoms with Crippen LogP contribution in [0.15, 0.2) is 36.4 Å². The molecule has 2 saturated heterocycles. The summed E-state index contributed by atoms with van der Waals surface area (Å²) in [5.41, 5.74) is 2.75. The Morgan fingerprint density at radius 1 is 1.02 bits per heavy atom. The summed E-state index contributed by atoms with van der Waals surface area (Å²) in [5, 5.41) is 13.6. The highest BCUT2D eigenvalue weighted by Crippen LogP contribution is 2.49. The van der Waals surface area contributed by atoms with Crippen molar-refractivity contribution in [1.29, 1.82) is 0 Å². The predicted molar refractivity (Wildman–Crippen MR) is 230 cm³/mol. The Hall–Kier alpha value is -2.67. The monoisotopic (exact) mass is 821 g/mol. The minimum absolute atomic E-state index is 0.0387. The van der Waals surface area contributed by atoms with Crippen molar-refractivity contribution in [3.63, 3.8) is 0 Å². The van der Waals surface area contributed by atoms with Crippen molar-refractivity contribution in [3.8, 4) is 5.75 Å². The third kappa shape index (κ3) is 8.53. The first-order chi connectivity index (χ1) is 27.2. The highest BCUT2D eigenvalue weighted by atomic mass is 35.5. The number of carbonyl (C=O) groups excluding carboxylic acids is 2. The van der Waals surface area contributed by atoms with Gasteiger partial charge in [-0.1, -0.05) is 31.0 Å². The van der Waals surface area contributed by atoms with Gasteiger partial charge in [0, 0.05) is 99.2 Å². The second-order valence-electron chi connectivity index (χ2n) is 18.7. The molecule has 57 heavy (non-hydrogen) atoms. The lowest BCUT2D eigenvalue weighted by molar-refractivity contribution is -0.119. The first-order valence-electron chi connectivity index (χ1n) is 21.6. The van der Waals surface area contributed by atoms with E-state index in [1.54, 1.807) is 13.0 Å². The number of Topliss-reactive ketones (excluding diaryl/α,β-unsaturated/α-hetero) is 1. The first-order valence-corrected chi connectivity index (χ1v) is 23.8. The van der Waals surface area contributed by atoms with Crippen molar-refractivity contribution < 1.29 is 23.6 Å². The van der Waals surface area contributed by atoms with Gasteiger partial charge in [-0.05, 0) is 124 Å². The number of amides is 1. The summed E-state index contributed by atoms with van der Waals surface area (Å²) >= 11 is 6.53. The highest BCUT2D eigenvalue weighted by molar-refractivity contribution is 7.99. The van der Waals surface area contributed by atoms with E-state index in [0.717, 1.165) is 120 Å². The summed E-state index contributed by atoms with van der Waals surface area (Å²) < 4.78 is 23.7. The van der Waals surface area contributed by atoms with Gasteiger partial charge in [0.25, 0.3) is 5.91 Å². The van der Waals surface area contributed by atoms with Crippen molar-refractivity contribution in [3.05, 3.63) is 58.1 Å². The molecular weight excluding hydrogens is 758 g/mol. The smallest absolute Gasteiger partial charge is 0.262 e. The van der Waals surface area contributed by atoms with E-state index in [1.165, 1.54) is 11.1 Å². The number of β-amino-alcohol motifs (C(OH)–C–C–N with tert-alkyl or cyclic N) is 1. The maximum Gasteiger partial charge on any atom is 0.262 e. The highest BCUT2D eigenvalue weighted by Gasteiger charge is 2.50. The van der Waals surface area contributed by atoms with Gasteiger partial charge in [-0.25, -0.2) is 4.21 Å². The second-order valence-corrected chi connectivity index (χ2v) is 21.6. The number of nitrogens with one attached hydrogen (secondary N) is 1. The Bertz CT molecular complexity index is 1950. The quantitative estimate of drug-likeness (QED) is 0.383. The molecule has 6 aliphatic rings. The molecule has 8 atom stereocenters. The summed E-state index contributed by atoms with van der Waals surface area (Å²) in [7, 11) is -2.97. The third-order valence-electron chi connectivity index (χ3n) is 14.9. The summed E-state index contributed by atoms with van der Waals surface area (Å²) in [6.45, 7) is 15.0. The molecule has 8 rings (SSSR count). The maximum absolute atomic E-state index is 14.1. The molecule has 2 N–H and O–H groups in total. The number of benzene rings is 2. The van der Waals surface area contributed by atoms with Gasteiger partial charge in [-0.3, -0.25) is 24.1 Å². The molecule has 2 aromatic carbocycles. The Morgan fingerprint density at radius 2 is 1.81 bits per heavy atom. The summed E-state index contributed by atoms with van der Waals surface area (Å²) in [6, 6.07) is 12.3. The van der Waals surface area contributed by atoms with Crippen LogP contribution in [0.2, 0.25) is 5.02 Å². The second kappa shape index (κ2) is 16.4. The topological polar surface area (TPSA) is 106 Å². The number of ketones is 1. The molecule has 0 radical (unpaired) electrons. The van der Waals surface area contributed by atoms with Gasteiger partial charge in [0.15, 0.2) is 0 Å². The van der Waals surface area contributed by atoms with Gasteiger partial charge in [0.05, 0.1) is 27.6 Å². The minimum Gasteiger partial charge on any atom is -0.490 e. The molecular formula is C45H64ClN5O5S. The van der Waals surface area contributed by atoms with E-state index in [0.29, 0.717) is 37.6 Å². The molecule has 2 unspecified atom stereocenters. The van der Waals surface area contributed by atoms with E-state index in [2.05, 4.69) is 49.2 Å². The zero-order chi connectivity index (χ0) is 40.1. The van der Waals surface area contributed by atoms with Gasteiger partial charge in [0.1, 0.15) is 11.5 Å². The van der Waals surface area contributed by atoms with Gasteiger partial charge in [-0.2, -0.15) is 0 Å². The van der Waals surface area contributed by atoms with Crippen LogP contribution in [0.4, 0.5) is 5.69 Å². The average Bonchev–Trinajstić information content (AvgIpc) is 3.31. The van der Waals surface area contributed by atoms with Crippen LogP contribution >= 0.6 is 11.6 Å². The number of hydrogen-bond donors (Lipinski definition) is 2. The molecule has 312 valence electrons. The molecule has 1 amide bonds. The molecule has 2 aromatic rings. The lowest BCUT2D eigenvalue weighted by atomic mass is 9.62. The average molecular weight is 823 g/mol. The van der Waals surface area contributed by atoms with Crippen LogP contribution in [-0.2, 0) is 26.3 Å². The molecule has 4 heterocycles. The summed E-state index contributed by atoms with van der Waals surface area (Å²) in [4.78, 5) is 35.6. The largest absolute Gasteiger partial charge is 0.490 e. The number of aliphatic hydroxyl groups is 1. The van der Waals surface area contributed by atoms with Crippen LogP contribution in [0.5, 0.6) is 5.75 Å². The van der Waals surface area contributed by atoms with Gasteiger partial charge < -0.3 is 19.6 Å². The number of hydrogen-bond acceptors (Lipinski definition) is 9. The van der Waals surface area contributed by atoms with Gasteiger partial charge >= 0.3 is 0 Å². The third-order valence-corrected chi connectivity index (χ3v) is 17.4. The first kappa shape index (κ1) is 41.1. The van der Waals surface area contributed by atoms with E-state index < -0.39 is 15.3 Å². The number of nitrogens with zero attached hydrogens (tertiary/aromatic N) is 4. The predicted octanol–water partition coefficient (Wildman–Crippen LogP) is 5.42. The Morgan fingerprint density at radius 3 is 2.58 bits per heavy atom. The number of rotatable bonds is 5. The molecule has 12 heteroatoms. The number of ether oxygens (including phenoxy) is 1. The Kier molecular flexibility index (Phi) is 11.8. The SMILES string of the molecule is C=S1(=O)NC(=O)c2ccc3c(c2)N(C[C@@H]2CC[C@H]2[C@@](O)(CN2CCN4CCN(CCC(C)=O)CC4C2)CCC[C@H](C)[C@H]1C)C[C@@]1(CCCc2cc(Cl)ccc21)CO3. The normalized spacial score (nSPS) is 35.5. The molecule has 1 saturated carbocycles. The van der Waals surface area contributed by atoms with Crippen LogP contribution in [0.3, 0.4) is 0 Å². The molecule has 10 nitrogen and oxygen atoms in total. The van der Waals surface area contributed by atoms with Crippen molar-refractivity contribution in [2.75, 3.05) is 77.0 Å². The Labute approximate surface area is 345 Å². The van der Waals surface area contributed by atoms with Gasteiger partial charge in [0.2, 0.25) is 0 Å². The summed E-state index contributed by atoms with van der Waals surface area (Å²) in [5.74, 6) is 5.12. The van der Waals surface area contributed by atoms with E-state index in [9.17, 15) is 18.9 Å². The maximum atomic E-state index is 14.1. The van der Waals surface area contributed by atoms with Crippen LogP contribution in [0.25, 0.3) is 0 Å². The number of carbonyl (C=O) groups is 2. The molecule has 2 bridgehead atoms. The van der Waals surface area contributed by atoms with Crippen molar-refractivity contribution >= 4 is 44.6 Å². The van der Waals surface area contributed by atoms with E-state index in [4.69, 9.17) is 16.3 Å². The lowest BCUT2D eigenvalue weighted by Crippen LogP contribution is -2.64. The van der Waals surface area contributed by atoms with Crippen molar-refractivity contribution in [2.45, 2.75) is 101 Å². The number of fused-ring (bicyclic) bond motifs is 5. The zero-order valence-electron chi connectivity index (χ0n) is 34.4. The molecule has 2 aliphatic carbocycles. The number of piperazine rings is 2. The fourth-order valence-corrected chi connectivity index (χ4v) is 12.9. The fraction of sp³-hybridized carbons (Fsp3) is 0.667. The minimum atomic E-state index is -2.97. The van der Waals surface area contributed by atoms with Gasteiger partial charge in [-0.15, -0.1) is 0 Å². The molecule has 4 aliphatic heterocycles. The fourth-order valence-electron chi connectivity index (χ4n) is 11.2. The van der Waals surface area contributed by atoms with Crippen LogP contribution < -0.4 is 14.4 Å². The standard InChI is InChI=1S/C45H64ClN5O5S/c1-31-7-5-17-45(54,29-49-20-22-50-21-19-48(18-15-32(2)52)26-38(50)27-49)40-12-9-36(40)25-51-28-44(16-6-8-34-23-37(46)11-13-39(34)44)30-56-42-14-10-35(24-41(42)51)43(53)47-57(4,55)33(31)3/h10-11,13-14,23-24,31,33,36,38,40,54H,4-9,12,15-22,25-30H2,1-3H3,(H,47,53,55)/t31-,33+,36-,38?,40+,44-,45-,57?/m0/s1. The summed E-state index contributed by atoms with van der Waals surface area (Å²) in [6.07, 6.45) is 7.90. The van der Waals surface area contributed by atoms with Crippen LogP contribution in [0.1, 0.15) is 93.6 Å². The number of halogens is 1. The molecule has 3 fully saturated rings. The molecule has 0 aromatic heterocycles. The Balaban J connectivity index is 1.11. The number of anilines is 1. The van der Waals surface area contributed by atoms with Crippen LogP contribution in [-0.4, -0.2) is 131 Å². The number of aryl methyl sites for hydroxylation is 1.